The van der Waals surface area contributed by atoms with E-state index in [1.54, 1.807) is 29.6 Å². The fraction of sp³-hybridized carbons (Fsp3) is 0.458. The standard InChI is InChI=1S/C24H30N8O2/c1-16-13-30(23(33)34-24(2,3)4)9-10-31(16)21-20-18(29(5)6)14-32(22(20)28-15-27-21)19-11-17(12-25)7-8-26-19/h7-8,11,14-16H,9-10,13H2,1-6H3. The van der Waals surface area contributed by atoms with Crippen LogP contribution in [0.4, 0.5) is 16.3 Å². The Morgan fingerprint density at radius 3 is 2.65 bits per heavy atom. The maximum atomic E-state index is 12.6. The molecule has 1 unspecified atom stereocenters. The van der Waals surface area contributed by atoms with Gasteiger partial charge in [-0.2, -0.15) is 5.26 Å². The van der Waals surface area contributed by atoms with Crippen molar-refractivity contribution in [1.29, 1.82) is 5.26 Å². The molecule has 0 aromatic carbocycles. The highest BCUT2D eigenvalue weighted by molar-refractivity contribution is 6.00. The summed E-state index contributed by atoms with van der Waals surface area (Å²) in [5, 5.41) is 10.2. The number of anilines is 2. The summed E-state index contributed by atoms with van der Waals surface area (Å²) in [6.07, 6.45) is 4.84. The molecule has 3 aromatic heterocycles. The molecule has 0 radical (unpaired) electrons. The van der Waals surface area contributed by atoms with Gasteiger partial charge in [-0.25, -0.2) is 19.7 Å². The number of hydrogen-bond acceptors (Lipinski definition) is 8. The van der Waals surface area contributed by atoms with Gasteiger partial charge in [-0.05, 0) is 39.8 Å². The van der Waals surface area contributed by atoms with E-state index in [0.29, 0.717) is 36.7 Å². The second-order valence-electron chi connectivity index (χ2n) is 9.66. The lowest BCUT2D eigenvalue weighted by Crippen LogP contribution is -2.54. The van der Waals surface area contributed by atoms with Crippen molar-refractivity contribution in [2.75, 3.05) is 43.5 Å². The lowest BCUT2D eigenvalue weighted by Gasteiger charge is -2.41. The summed E-state index contributed by atoms with van der Waals surface area (Å²) in [4.78, 5) is 32.3. The van der Waals surface area contributed by atoms with Gasteiger partial charge in [0.2, 0.25) is 0 Å². The largest absolute Gasteiger partial charge is 0.444 e. The molecule has 4 heterocycles. The van der Waals surface area contributed by atoms with Gasteiger partial charge in [-0.3, -0.25) is 4.57 Å². The van der Waals surface area contributed by atoms with Crippen molar-refractivity contribution in [3.8, 4) is 11.9 Å². The summed E-state index contributed by atoms with van der Waals surface area (Å²) < 4.78 is 7.45. The molecule has 0 spiro atoms. The molecular formula is C24H30N8O2. The van der Waals surface area contributed by atoms with Crippen LogP contribution >= 0.6 is 0 Å². The van der Waals surface area contributed by atoms with Gasteiger partial charge in [0.1, 0.15) is 23.6 Å². The minimum Gasteiger partial charge on any atom is -0.444 e. The van der Waals surface area contributed by atoms with Crippen molar-refractivity contribution in [3.63, 3.8) is 0 Å². The zero-order valence-corrected chi connectivity index (χ0v) is 20.5. The van der Waals surface area contributed by atoms with E-state index in [1.165, 1.54) is 0 Å². The first-order valence-corrected chi connectivity index (χ1v) is 11.2. The Bertz CT molecular complexity index is 1250. The molecule has 34 heavy (non-hydrogen) atoms. The first kappa shape index (κ1) is 23.3. The molecule has 1 aliphatic rings. The average Bonchev–Trinajstić information content (AvgIpc) is 3.18. The van der Waals surface area contributed by atoms with Crippen molar-refractivity contribution in [2.24, 2.45) is 0 Å². The Morgan fingerprint density at radius 1 is 1.24 bits per heavy atom. The van der Waals surface area contributed by atoms with Gasteiger partial charge in [-0.1, -0.05) is 0 Å². The zero-order valence-electron chi connectivity index (χ0n) is 20.5. The number of rotatable bonds is 3. The van der Waals surface area contributed by atoms with E-state index in [0.717, 1.165) is 16.9 Å². The Kier molecular flexibility index (Phi) is 6.04. The van der Waals surface area contributed by atoms with Gasteiger partial charge in [0.15, 0.2) is 5.65 Å². The van der Waals surface area contributed by atoms with Gasteiger partial charge < -0.3 is 19.4 Å². The number of carbonyl (C=O) groups is 1. The Hall–Kier alpha value is -3.87. The van der Waals surface area contributed by atoms with Gasteiger partial charge >= 0.3 is 6.09 Å². The highest BCUT2D eigenvalue weighted by Crippen LogP contribution is 2.36. The van der Waals surface area contributed by atoms with Crippen LogP contribution in [0.2, 0.25) is 0 Å². The molecule has 1 atom stereocenters. The molecule has 0 bridgehead atoms. The van der Waals surface area contributed by atoms with Crippen LogP contribution < -0.4 is 9.80 Å². The second kappa shape index (κ2) is 8.82. The summed E-state index contributed by atoms with van der Waals surface area (Å²) >= 11 is 0. The highest BCUT2D eigenvalue weighted by Gasteiger charge is 2.32. The average molecular weight is 463 g/mol. The normalized spacial score (nSPS) is 16.4. The van der Waals surface area contributed by atoms with Crippen LogP contribution in [-0.4, -0.2) is 75.9 Å². The summed E-state index contributed by atoms with van der Waals surface area (Å²) in [5.74, 6) is 1.42. The summed E-state index contributed by atoms with van der Waals surface area (Å²) in [5.41, 5.74) is 1.64. The van der Waals surface area contributed by atoms with Crippen LogP contribution in [0, 0.1) is 11.3 Å². The molecular weight excluding hydrogens is 432 g/mol. The van der Waals surface area contributed by atoms with E-state index >= 15 is 0 Å². The molecule has 0 N–H and O–H groups in total. The first-order chi connectivity index (χ1) is 16.1. The molecule has 1 fully saturated rings. The van der Waals surface area contributed by atoms with Crippen LogP contribution in [0.1, 0.15) is 33.3 Å². The number of hydrogen-bond donors (Lipinski definition) is 0. The summed E-state index contributed by atoms with van der Waals surface area (Å²) in [6, 6.07) is 5.60. The maximum absolute atomic E-state index is 12.6. The first-order valence-electron chi connectivity index (χ1n) is 11.2. The van der Waals surface area contributed by atoms with Gasteiger partial charge in [0.05, 0.1) is 22.7 Å². The van der Waals surface area contributed by atoms with E-state index in [2.05, 4.69) is 32.8 Å². The fourth-order valence-electron chi connectivity index (χ4n) is 4.14. The van der Waals surface area contributed by atoms with Gasteiger partial charge in [0.25, 0.3) is 0 Å². The van der Waals surface area contributed by atoms with Crippen LogP contribution in [0.25, 0.3) is 16.9 Å². The van der Waals surface area contributed by atoms with Crippen molar-refractivity contribution >= 4 is 28.6 Å². The van der Waals surface area contributed by atoms with E-state index in [9.17, 15) is 10.1 Å². The smallest absolute Gasteiger partial charge is 0.410 e. The minimum atomic E-state index is -0.531. The third-order valence-corrected chi connectivity index (χ3v) is 5.70. The number of piperazine rings is 1. The van der Waals surface area contributed by atoms with E-state index in [4.69, 9.17) is 4.74 Å². The Morgan fingerprint density at radius 2 is 2.00 bits per heavy atom. The quantitative estimate of drug-likeness (QED) is 0.585. The van der Waals surface area contributed by atoms with Crippen molar-refractivity contribution in [3.05, 3.63) is 36.4 Å². The summed E-state index contributed by atoms with van der Waals surface area (Å²) in [6.45, 7) is 9.38. The molecule has 0 saturated carbocycles. The number of nitrogens with zero attached hydrogens (tertiary/aromatic N) is 8. The monoisotopic (exact) mass is 462 g/mol. The molecule has 178 valence electrons. The molecule has 3 aromatic rings. The van der Waals surface area contributed by atoms with Crippen LogP contribution in [0.15, 0.2) is 30.9 Å². The number of aromatic nitrogens is 4. The molecule has 1 saturated heterocycles. The third kappa shape index (κ3) is 4.46. The predicted octanol–water partition coefficient (Wildman–Crippen LogP) is 3.20. The number of ether oxygens (including phenoxy) is 1. The van der Waals surface area contributed by atoms with Gasteiger partial charge in [-0.15, -0.1) is 0 Å². The molecule has 1 amide bonds. The topological polar surface area (TPSA) is 103 Å². The van der Waals surface area contributed by atoms with E-state index in [-0.39, 0.29) is 12.1 Å². The number of nitriles is 1. The lowest BCUT2D eigenvalue weighted by atomic mass is 10.1. The predicted molar refractivity (Wildman–Crippen MR) is 130 cm³/mol. The van der Waals surface area contributed by atoms with Crippen molar-refractivity contribution in [2.45, 2.75) is 39.3 Å². The zero-order chi connectivity index (χ0) is 24.6. The number of amides is 1. The van der Waals surface area contributed by atoms with Crippen LogP contribution in [0.5, 0.6) is 0 Å². The molecule has 4 rings (SSSR count). The molecule has 0 aliphatic carbocycles. The SMILES string of the molecule is CC1CN(C(=O)OC(C)(C)C)CCN1c1ncnc2c1c(N(C)C)cn2-c1cc(C#N)ccn1. The van der Waals surface area contributed by atoms with E-state index < -0.39 is 5.60 Å². The number of pyridine rings is 1. The fourth-order valence-corrected chi connectivity index (χ4v) is 4.14. The van der Waals surface area contributed by atoms with Gasteiger partial charge in [0, 0.05) is 52.2 Å². The number of fused-ring (bicyclic) bond motifs is 1. The Balaban J connectivity index is 1.72. The van der Waals surface area contributed by atoms with Crippen molar-refractivity contribution < 1.29 is 9.53 Å². The van der Waals surface area contributed by atoms with Crippen LogP contribution in [-0.2, 0) is 4.74 Å². The van der Waals surface area contributed by atoms with E-state index in [1.807, 2.05) is 50.5 Å². The van der Waals surface area contributed by atoms with Crippen molar-refractivity contribution in [1.82, 2.24) is 24.4 Å². The summed E-state index contributed by atoms with van der Waals surface area (Å²) in [7, 11) is 3.94. The minimum absolute atomic E-state index is 0.0257. The third-order valence-electron chi connectivity index (χ3n) is 5.70. The molecule has 10 heteroatoms. The second-order valence-corrected chi connectivity index (χ2v) is 9.66. The lowest BCUT2D eigenvalue weighted by molar-refractivity contribution is 0.0218. The molecule has 1 aliphatic heterocycles. The molecule has 10 nitrogen and oxygen atoms in total. The Labute approximate surface area is 199 Å². The number of carbonyl (C=O) groups excluding carboxylic acids is 1. The van der Waals surface area contributed by atoms with Crippen LogP contribution in [0.3, 0.4) is 0 Å². The highest BCUT2D eigenvalue weighted by atomic mass is 16.6. The maximum Gasteiger partial charge on any atom is 0.410 e.